The Morgan fingerprint density at radius 1 is 1.86 bits per heavy atom. The van der Waals surface area contributed by atoms with Gasteiger partial charge in [-0.2, -0.15) is 6.92 Å². The maximum absolute atomic E-state index is 9.54. The van der Waals surface area contributed by atoms with Crippen LogP contribution in [0.15, 0.2) is 0 Å². The molecule has 1 radical (unpaired) electrons. The first-order valence-corrected chi connectivity index (χ1v) is 1.69. The van der Waals surface area contributed by atoms with Gasteiger partial charge in [-0.3, -0.25) is 5.92 Å². The molecule has 0 saturated carbocycles. The largest absolute Gasteiger partial charge is 0.425 e. The van der Waals surface area contributed by atoms with Gasteiger partial charge in [0.25, 0.3) is 0 Å². The van der Waals surface area contributed by atoms with E-state index in [4.69, 9.17) is 5.11 Å². The van der Waals surface area contributed by atoms with E-state index in [1.54, 1.807) is 6.92 Å². The van der Waals surface area contributed by atoms with E-state index < -0.39 is 0 Å². The normalized spacial score (nSPS) is 6.57. The fraction of sp³-hybridized carbons (Fsp3) is 0.500. The van der Waals surface area contributed by atoms with Crippen LogP contribution in [0, 0.1) is 5.92 Å². The standard InChI is InChI=1S/C4H7O2.Y/c1-4(2-5)3-6;/h2,6H,3H2,1H3;/q-1;. The predicted molar refractivity (Wildman–Crippen MR) is 22.1 cm³/mol. The van der Waals surface area contributed by atoms with Crippen LogP contribution in [0.1, 0.15) is 6.92 Å². The SMILES string of the molecule is C[C-](C=O)CO.[Y]. The summed E-state index contributed by atoms with van der Waals surface area (Å²) in [7, 11) is 0. The Bertz CT molecular complexity index is 47.0. The number of aliphatic hydroxyl groups is 1. The molecule has 1 N–H and O–H groups in total. The first-order valence-electron chi connectivity index (χ1n) is 1.69. The summed E-state index contributed by atoms with van der Waals surface area (Å²) in [5.41, 5.74) is 0. The summed E-state index contributed by atoms with van der Waals surface area (Å²) < 4.78 is 0. The second-order valence-electron chi connectivity index (χ2n) is 1.12. The summed E-state index contributed by atoms with van der Waals surface area (Å²) in [5, 5.41) is 8.07. The Hall–Kier alpha value is 0.604. The molecular formula is C4H7O2Y-. The van der Waals surface area contributed by atoms with Crippen LogP contribution in [0.25, 0.3) is 0 Å². The molecule has 0 fully saturated rings. The summed E-state index contributed by atoms with van der Waals surface area (Å²) in [4.78, 5) is 9.54. The number of aldehydes is 1. The quantitative estimate of drug-likeness (QED) is 0.466. The van der Waals surface area contributed by atoms with E-state index in [-0.39, 0.29) is 39.3 Å². The van der Waals surface area contributed by atoms with Crippen LogP contribution in [0.4, 0.5) is 0 Å². The molecule has 3 heteroatoms. The number of hydrogen-bond donors (Lipinski definition) is 1. The van der Waals surface area contributed by atoms with Crippen molar-refractivity contribution in [2.24, 2.45) is 0 Å². The number of carbonyl (C=O) groups excluding carboxylic acids is 1. The summed E-state index contributed by atoms with van der Waals surface area (Å²) in [6.07, 6.45) is 0.639. The summed E-state index contributed by atoms with van der Waals surface area (Å²) in [5.74, 6) is 0.468. The molecule has 0 bridgehead atoms. The number of carbonyl (C=O) groups is 1. The molecule has 0 aromatic rings. The van der Waals surface area contributed by atoms with Gasteiger partial charge in [0.1, 0.15) is 0 Å². The molecule has 0 aliphatic carbocycles. The zero-order valence-electron chi connectivity index (χ0n) is 4.22. The van der Waals surface area contributed by atoms with Crippen molar-refractivity contribution in [3.05, 3.63) is 5.92 Å². The Balaban J connectivity index is 0. The van der Waals surface area contributed by atoms with Gasteiger partial charge in [0.2, 0.25) is 0 Å². The predicted octanol–water partition coefficient (Wildman–Crippen LogP) is -0.231. The van der Waals surface area contributed by atoms with Gasteiger partial charge in [-0.25, -0.2) is 0 Å². The third kappa shape index (κ3) is 6.60. The number of aliphatic hydroxyl groups excluding tert-OH is 1. The maximum Gasteiger partial charge on any atom is 0 e. The Morgan fingerprint density at radius 2 is 2.29 bits per heavy atom. The molecule has 0 amide bonds. The molecule has 0 aliphatic rings. The Morgan fingerprint density at radius 3 is 2.29 bits per heavy atom. The number of rotatable bonds is 2. The minimum Gasteiger partial charge on any atom is -0.425 e. The molecule has 2 nitrogen and oxygen atoms in total. The average Bonchev–Trinajstić information content (AvgIpc) is 1.65. The van der Waals surface area contributed by atoms with Crippen LogP contribution in [0.3, 0.4) is 0 Å². The molecule has 0 aliphatic heterocycles. The topological polar surface area (TPSA) is 37.3 Å². The Kier molecular flexibility index (Phi) is 9.96. The molecule has 7 heavy (non-hydrogen) atoms. The van der Waals surface area contributed by atoms with Crippen LogP contribution < -0.4 is 0 Å². The van der Waals surface area contributed by atoms with Crippen molar-refractivity contribution in [2.75, 3.05) is 6.61 Å². The van der Waals surface area contributed by atoms with Crippen LogP contribution in [0.5, 0.6) is 0 Å². The van der Waals surface area contributed by atoms with Gasteiger partial charge in [-0.1, -0.05) is 6.61 Å². The molecular weight excluding hydrogens is 169 g/mol. The third-order valence-electron chi connectivity index (χ3n) is 0.451. The van der Waals surface area contributed by atoms with Crippen molar-refractivity contribution in [2.45, 2.75) is 6.92 Å². The smallest absolute Gasteiger partial charge is 0 e. The first-order chi connectivity index (χ1) is 2.81. The van der Waals surface area contributed by atoms with E-state index in [0.717, 1.165) is 0 Å². The van der Waals surface area contributed by atoms with Crippen molar-refractivity contribution in [3.8, 4) is 0 Å². The van der Waals surface area contributed by atoms with Crippen molar-refractivity contribution >= 4 is 6.29 Å². The third-order valence-corrected chi connectivity index (χ3v) is 0.451. The van der Waals surface area contributed by atoms with Crippen LogP contribution in [0.2, 0.25) is 0 Å². The maximum atomic E-state index is 9.54. The second kappa shape index (κ2) is 6.60. The van der Waals surface area contributed by atoms with Gasteiger partial charge in [-0.15, -0.1) is 0 Å². The van der Waals surface area contributed by atoms with Gasteiger partial charge >= 0.3 is 0 Å². The van der Waals surface area contributed by atoms with Crippen molar-refractivity contribution in [1.29, 1.82) is 0 Å². The molecule has 0 heterocycles. The van der Waals surface area contributed by atoms with E-state index in [2.05, 4.69) is 0 Å². The molecule has 0 aromatic carbocycles. The molecule has 0 spiro atoms. The number of hydrogen-bond acceptors (Lipinski definition) is 2. The minimum atomic E-state index is -0.122. The summed E-state index contributed by atoms with van der Waals surface area (Å²) in [6.45, 7) is 1.45. The van der Waals surface area contributed by atoms with E-state index in [1.165, 1.54) is 0 Å². The zero-order valence-corrected chi connectivity index (χ0v) is 7.06. The van der Waals surface area contributed by atoms with E-state index >= 15 is 0 Å². The average molecular weight is 176 g/mol. The van der Waals surface area contributed by atoms with Gasteiger partial charge in [-0.05, 0) is 6.29 Å². The molecule has 0 aromatic heterocycles. The van der Waals surface area contributed by atoms with Crippen molar-refractivity contribution in [1.82, 2.24) is 0 Å². The van der Waals surface area contributed by atoms with Crippen molar-refractivity contribution < 1.29 is 42.6 Å². The molecule has 0 atom stereocenters. The fourth-order valence-corrected chi connectivity index (χ4v) is 0.0373. The molecule has 0 saturated heterocycles. The van der Waals surface area contributed by atoms with E-state index in [1.807, 2.05) is 0 Å². The van der Waals surface area contributed by atoms with Crippen LogP contribution in [-0.4, -0.2) is 18.0 Å². The second-order valence-corrected chi connectivity index (χ2v) is 1.12. The Labute approximate surface area is 68.2 Å². The first kappa shape index (κ1) is 10.6. The minimum absolute atomic E-state index is 0. The fourth-order valence-electron chi connectivity index (χ4n) is 0.0373. The monoisotopic (exact) mass is 176 g/mol. The molecule has 39 valence electrons. The van der Waals surface area contributed by atoms with Gasteiger partial charge in [0, 0.05) is 32.7 Å². The molecule has 0 rings (SSSR count). The van der Waals surface area contributed by atoms with Crippen molar-refractivity contribution in [3.63, 3.8) is 0 Å². The van der Waals surface area contributed by atoms with Crippen LogP contribution in [-0.2, 0) is 37.5 Å². The molecule has 0 unspecified atom stereocenters. The summed E-state index contributed by atoms with van der Waals surface area (Å²) in [6, 6.07) is 0. The van der Waals surface area contributed by atoms with Gasteiger partial charge in [0.15, 0.2) is 0 Å². The van der Waals surface area contributed by atoms with E-state index in [0.29, 0.717) is 12.2 Å². The summed E-state index contributed by atoms with van der Waals surface area (Å²) >= 11 is 0. The van der Waals surface area contributed by atoms with Gasteiger partial charge < -0.3 is 9.90 Å². The van der Waals surface area contributed by atoms with E-state index in [9.17, 15) is 4.79 Å². The van der Waals surface area contributed by atoms with Crippen LogP contribution >= 0.6 is 0 Å². The zero-order chi connectivity index (χ0) is 4.99. The van der Waals surface area contributed by atoms with Gasteiger partial charge in [0.05, 0.1) is 0 Å².